The molecule has 0 radical (unpaired) electrons. The molecule has 0 spiro atoms. The van der Waals surface area contributed by atoms with Crippen LogP contribution in [-0.4, -0.2) is 18.4 Å². The molecule has 0 bridgehead atoms. The van der Waals surface area contributed by atoms with E-state index in [4.69, 9.17) is 26.8 Å². The lowest BCUT2D eigenvalue weighted by Gasteiger charge is -2.33. The Balaban J connectivity index is 1.78. The van der Waals surface area contributed by atoms with Crippen molar-refractivity contribution in [3.63, 3.8) is 0 Å². The lowest BCUT2D eigenvalue weighted by Crippen LogP contribution is -2.32. The number of benzene rings is 2. The van der Waals surface area contributed by atoms with Gasteiger partial charge >= 0.3 is 5.97 Å². The predicted octanol–water partition coefficient (Wildman–Crippen LogP) is 6.10. The van der Waals surface area contributed by atoms with Gasteiger partial charge in [-0.3, -0.25) is 4.79 Å². The van der Waals surface area contributed by atoms with Crippen LogP contribution in [0.25, 0.3) is 0 Å². The summed E-state index contributed by atoms with van der Waals surface area (Å²) >= 11 is 7.72. The molecule has 7 heteroatoms. The van der Waals surface area contributed by atoms with E-state index >= 15 is 0 Å². The zero-order valence-corrected chi connectivity index (χ0v) is 21.1. The van der Waals surface area contributed by atoms with Gasteiger partial charge in [0.1, 0.15) is 11.3 Å². The summed E-state index contributed by atoms with van der Waals surface area (Å²) in [5.74, 6) is 0.176. The normalized spacial score (nSPS) is 18.0. The highest BCUT2D eigenvalue weighted by Gasteiger charge is 2.41. The van der Waals surface area contributed by atoms with E-state index in [1.54, 1.807) is 18.7 Å². The molecule has 34 heavy (non-hydrogen) atoms. The van der Waals surface area contributed by atoms with Crippen molar-refractivity contribution in [3.05, 3.63) is 86.5 Å². The third-order valence-electron chi connectivity index (χ3n) is 6.22. The number of aryl methyl sites for hydroxylation is 2. The fourth-order valence-electron chi connectivity index (χ4n) is 4.55. The molecule has 1 unspecified atom stereocenters. The highest BCUT2D eigenvalue weighted by Crippen LogP contribution is 2.45. The molecule has 4 rings (SSSR count). The van der Waals surface area contributed by atoms with Crippen LogP contribution in [0.2, 0.25) is 5.02 Å². The number of thioether (sulfide) groups is 1. The Morgan fingerprint density at radius 1 is 1.18 bits per heavy atom. The largest absolute Gasteiger partial charge is 0.462 e. The van der Waals surface area contributed by atoms with Gasteiger partial charge in [-0.2, -0.15) is 0 Å². The monoisotopic (exact) mass is 497 g/mol. The Morgan fingerprint density at radius 2 is 1.91 bits per heavy atom. The van der Waals surface area contributed by atoms with Crippen molar-refractivity contribution in [2.24, 2.45) is 5.73 Å². The quantitative estimate of drug-likeness (QED) is 0.383. The van der Waals surface area contributed by atoms with Gasteiger partial charge in [0.15, 0.2) is 5.78 Å². The topological polar surface area (TPSA) is 78.6 Å². The first kappa shape index (κ1) is 24.4. The van der Waals surface area contributed by atoms with E-state index in [0.717, 1.165) is 32.9 Å². The van der Waals surface area contributed by atoms with Crippen LogP contribution in [0.15, 0.2) is 64.1 Å². The van der Waals surface area contributed by atoms with E-state index in [-0.39, 0.29) is 23.8 Å². The highest BCUT2D eigenvalue weighted by molar-refractivity contribution is 7.98. The summed E-state index contributed by atoms with van der Waals surface area (Å²) in [4.78, 5) is 27.2. The maximum atomic E-state index is 13.1. The van der Waals surface area contributed by atoms with Crippen molar-refractivity contribution in [2.75, 3.05) is 6.61 Å². The van der Waals surface area contributed by atoms with Gasteiger partial charge in [0.2, 0.25) is 5.88 Å². The first-order chi connectivity index (χ1) is 16.3. The number of ketones is 1. The molecule has 2 aromatic rings. The lowest BCUT2D eigenvalue weighted by molar-refractivity contribution is -0.139. The molecule has 5 nitrogen and oxygen atoms in total. The van der Waals surface area contributed by atoms with Crippen molar-refractivity contribution >= 4 is 35.1 Å². The number of hydrogen-bond acceptors (Lipinski definition) is 6. The van der Waals surface area contributed by atoms with E-state index < -0.39 is 11.9 Å². The molecule has 2 N–H and O–H groups in total. The maximum absolute atomic E-state index is 13.1. The zero-order valence-electron chi connectivity index (χ0n) is 19.6. The average Bonchev–Trinajstić information content (AvgIpc) is 2.79. The van der Waals surface area contributed by atoms with Gasteiger partial charge in [-0.1, -0.05) is 23.7 Å². The number of halogens is 1. The van der Waals surface area contributed by atoms with E-state index in [9.17, 15) is 9.59 Å². The number of Topliss-reactive ketones (excluding diaryl/α,β-unsaturated/α-hetero) is 1. The number of ether oxygens (including phenoxy) is 2. The number of esters is 1. The summed E-state index contributed by atoms with van der Waals surface area (Å²) in [7, 11) is 0. The first-order valence-electron chi connectivity index (χ1n) is 11.4. The van der Waals surface area contributed by atoms with Crippen LogP contribution >= 0.6 is 23.4 Å². The Labute approximate surface area is 209 Å². The second kappa shape index (κ2) is 10.3. The van der Waals surface area contributed by atoms with Gasteiger partial charge in [0.25, 0.3) is 0 Å². The number of allylic oxidation sites excluding steroid dienone is 2. The second-order valence-electron chi connectivity index (χ2n) is 8.52. The average molecular weight is 498 g/mol. The molecule has 1 aliphatic carbocycles. The minimum Gasteiger partial charge on any atom is -0.462 e. The summed E-state index contributed by atoms with van der Waals surface area (Å²) in [6.07, 6.45) is 1.76. The minimum atomic E-state index is -0.601. The lowest BCUT2D eigenvalue weighted by atomic mass is 9.75. The second-order valence-corrected chi connectivity index (χ2v) is 10.0. The predicted molar refractivity (Wildman–Crippen MR) is 134 cm³/mol. The molecule has 0 fully saturated rings. The first-order valence-corrected chi connectivity index (χ1v) is 12.8. The number of carbonyl (C=O) groups excluding carboxylic acids is 2. The van der Waals surface area contributed by atoms with Gasteiger partial charge in [-0.15, -0.1) is 11.8 Å². The van der Waals surface area contributed by atoms with E-state index in [1.807, 2.05) is 31.2 Å². The van der Waals surface area contributed by atoms with Gasteiger partial charge in [0.05, 0.1) is 12.5 Å². The van der Waals surface area contributed by atoms with Gasteiger partial charge in [-0.25, -0.2) is 4.79 Å². The Morgan fingerprint density at radius 3 is 2.62 bits per heavy atom. The van der Waals surface area contributed by atoms with Gasteiger partial charge in [0, 0.05) is 34.1 Å². The molecular weight excluding hydrogens is 470 g/mol. The van der Waals surface area contributed by atoms with Gasteiger partial charge < -0.3 is 15.2 Å². The summed E-state index contributed by atoms with van der Waals surface area (Å²) in [5, 5.41) is 0.703. The third-order valence-corrected chi connectivity index (χ3v) is 7.54. The van der Waals surface area contributed by atoms with Crippen LogP contribution < -0.4 is 5.73 Å². The molecule has 2 aliphatic rings. The van der Waals surface area contributed by atoms with E-state index in [1.165, 1.54) is 0 Å². The van der Waals surface area contributed by atoms with Crippen molar-refractivity contribution in [1.82, 2.24) is 0 Å². The molecule has 0 saturated heterocycles. The standard InChI is InChI=1S/C27H28ClNO4S/c1-4-32-27(31)25-23(24-21(30)6-5-7-22(24)33-26(25)29)20-13-17(15(2)12-16(20)3)14-34-19-10-8-18(28)9-11-19/h8-13,23H,4-7,14,29H2,1-3H3. The summed E-state index contributed by atoms with van der Waals surface area (Å²) in [5.41, 5.74) is 11.1. The van der Waals surface area contributed by atoms with Crippen molar-refractivity contribution < 1.29 is 19.1 Å². The zero-order chi connectivity index (χ0) is 24.4. The Bertz CT molecular complexity index is 1200. The van der Waals surface area contributed by atoms with Crippen LogP contribution in [0.1, 0.15) is 54.4 Å². The molecule has 2 aromatic carbocycles. The van der Waals surface area contributed by atoms with E-state index in [2.05, 4.69) is 19.1 Å². The molecule has 1 aliphatic heterocycles. The minimum absolute atomic E-state index is 0.00221. The van der Waals surface area contributed by atoms with Crippen LogP contribution in [0.3, 0.4) is 0 Å². The third kappa shape index (κ3) is 4.89. The molecule has 0 aromatic heterocycles. The molecular formula is C27H28ClNO4S. The number of carbonyl (C=O) groups is 2. The van der Waals surface area contributed by atoms with Crippen molar-refractivity contribution in [2.45, 2.75) is 56.6 Å². The van der Waals surface area contributed by atoms with E-state index in [0.29, 0.717) is 35.6 Å². The Kier molecular flexibility index (Phi) is 7.39. The highest BCUT2D eigenvalue weighted by atomic mass is 35.5. The Hall–Kier alpha value is -2.70. The van der Waals surface area contributed by atoms with Crippen LogP contribution in [0.5, 0.6) is 0 Å². The van der Waals surface area contributed by atoms with Crippen molar-refractivity contribution in [3.8, 4) is 0 Å². The van der Waals surface area contributed by atoms with Gasteiger partial charge in [-0.05, 0) is 73.7 Å². The van der Waals surface area contributed by atoms with Crippen molar-refractivity contribution in [1.29, 1.82) is 0 Å². The SMILES string of the molecule is CCOC(=O)C1=C(N)OC2=C(C(=O)CCC2)C1c1cc(CSc2ccc(Cl)cc2)c(C)cc1C. The van der Waals surface area contributed by atoms with Crippen LogP contribution in [0.4, 0.5) is 0 Å². The summed E-state index contributed by atoms with van der Waals surface area (Å²) in [6.45, 7) is 6.02. The number of hydrogen-bond donors (Lipinski definition) is 1. The molecule has 0 amide bonds. The molecule has 178 valence electrons. The summed E-state index contributed by atoms with van der Waals surface area (Å²) in [6, 6.07) is 12.0. The smallest absolute Gasteiger partial charge is 0.340 e. The molecule has 1 heterocycles. The maximum Gasteiger partial charge on any atom is 0.340 e. The summed E-state index contributed by atoms with van der Waals surface area (Å²) < 4.78 is 11.1. The molecule has 0 saturated carbocycles. The molecule has 1 atom stereocenters. The number of rotatable bonds is 6. The fourth-order valence-corrected chi connectivity index (χ4v) is 5.64. The fraction of sp³-hybridized carbons (Fsp3) is 0.333. The number of nitrogens with two attached hydrogens (primary N) is 1. The van der Waals surface area contributed by atoms with Crippen LogP contribution in [-0.2, 0) is 24.8 Å². The van der Waals surface area contributed by atoms with Crippen LogP contribution in [0, 0.1) is 13.8 Å².